The lowest BCUT2D eigenvalue weighted by Crippen LogP contribution is -2.50. The standard InChI is InChI=1S/C15H23N3O3/c1-3-16-15(21)17-14(20)12(2)18(9-10-19)11-13-7-5-4-6-8-13/h4-8,12,19H,3,9-11H2,1-2H3,(H2,16,17,20,21). The summed E-state index contributed by atoms with van der Waals surface area (Å²) in [7, 11) is 0. The molecule has 0 bridgehead atoms. The van der Waals surface area contributed by atoms with E-state index in [1.165, 1.54) is 0 Å². The van der Waals surface area contributed by atoms with Crippen LogP contribution in [0.1, 0.15) is 19.4 Å². The molecule has 3 N–H and O–H groups in total. The second-order valence-electron chi connectivity index (χ2n) is 4.70. The van der Waals surface area contributed by atoms with E-state index in [1.807, 2.05) is 35.2 Å². The summed E-state index contributed by atoms with van der Waals surface area (Å²) in [6, 6.07) is 8.67. The summed E-state index contributed by atoms with van der Waals surface area (Å²) in [4.78, 5) is 25.2. The Balaban J connectivity index is 2.66. The van der Waals surface area contributed by atoms with Crippen molar-refractivity contribution in [3.05, 3.63) is 35.9 Å². The predicted molar refractivity (Wildman–Crippen MR) is 80.6 cm³/mol. The van der Waals surface area contributed by atoms with Gasteiger partial charge in [-0.1, -0.05) is 30.3 Å². The molecular weight excluding hydrogens is 270 g/mol. The summed E-state index contributed by atoms with van der Waals surface area (Å²) in [5.74, 6) is -0.384. The maximum absolute atomic E-state index is 12.0. The molecular formula is C15H23N3O3. The molecule has 116 valence electrons. The predicted octanol–water partition coefficient (Wildman–Crippen LogP) is 0.715. The van der Waals surface area contributed by atoms with E-state index in [9.17, 15) is 9.59 Å². The molecule has 0 heterocycles. The molecule has 0 saturated heterocycles. The minimum absolute atomic E-state index is 0.0500. The Hall–Kier alpha value is -1.92. The van der Waals surface area contributed by atoms with Crippen LogP contribution in [0.3, 0.4) is 0 Å². The minimum Gasteiger partial charge on any atom is -0.395 e. The van der Waals surface area contributed by atoms with Gasteiger partial charge in [-0.05, 0) is 19.4 Å². The van der Waals surface area contributed by atoms with Crippen molar-refractivity contribution in [3.63, 3.8) is 0 Å². The van der Waals surface area contributed by atoms with Crippen LogP contribution < -0.4 is 10.6 Å². The van der Waals surface area contributed by atoms with Crippen LogP contribution in [-0.2, 0) is 11.3 Å². The van der Waals surface area contributed by atoms with E-state index in [4.69, 9.17) is 5.11 Å². The van der Waals surface area contributed by atoms with Gasteiger partial charge >= 0.3 is 6.03 Å². The Labute approximate surface area is 125 Å². The molecule has 0 fully saturated rings. The first-order valence-corrected chi connectivity index (χ1v) is 7.06. The monoisotopic (exact) mass is 293 g/mol. The number of nitrogens with zero attached hydrogens (tertiary/aromatic N) is 1. The zero-order valence-electron chi connectivity index (χ0n) is 12.5. The van der Waals surface area contributed by atoms with Crippen molar-refractivity contribution in [1.29, 1.82) is 0 Å². The first-order chi connectivity index (χ1) is 10.1. The topological polar surface area (TPSA) is 81.7 Å². The highest BCUT2D eigenvalue weighted by Gasteiger charge is 2.22. The first kappa shape index (κ1) is 17.1. The number of benzene rings is 1. The molecule has 3 amide bonds. The summed E-state index contributed by atoms with van der Waals surface area (Å²) in [6.45, 7) is 4.79. The highest BCUT2D eigenvalue weighted by Crippen LogP contribution is 2.08. The fraction of sp³-hybridized carbons (Fsp3) is 0.467. The molecule has 0 aromatic heterocycles. The lowest BCUT2D eigenvalue weighted by Gasteiger charge is -2.27. The quantitative estimate of drug-likeness (QED) is 0.692. The molecule has 1 aromatic carbocycles. The second-order valence-corrected chi connectivity index (χ2v) is 4.70. The summed E-state index contributed by atoms with van der Waals surface area (Å²) >= 11 is 0. The molecule has 1 unspecified atom stereocenters. The summed E-state index contributed by atoms with van der Waals surface area (Å²) in [6.07, 6.45) is 0. The molecule has 0 aliphatic heterocycles. The van der Waals surface area contributed by atoms with Crippen molar-refractivity contribution in [1.82, 2.24) is 15.5 Å². The van der Waals surface area contributed by atoms with Gasteiger partial charge in [0.15, 0.2) is 0 Å². The molecule has 6 nitrogen and oxygen atoms in total. The Morgan fingerprint density at radius 3 is 2.52 bits per heavy atom. The number of amides is 3. The number of rotatable bonds is 7. The van der Waals surface area contributed by atoms with Crippen molar-refractivity contribution in [3.8, 4) is 0 Å². The van der Waals surface area contributed by atoms with Gasteiger partial charge in [-0.25, -0.2) is 4.79 Å². The summed E-state index contributed by atoms with van der Waals surface area (Å²) in [5, 5.41) is 14.0. The van der Waals surface area contributed by atoms with Crippen molar-refractivity contribution in [2.75, 3.05) is 19.7 Å². The number of hydrogen-bond acceptors (Lipinski definition) is 4. The van der Waals surface area contributed by atoms with Crippen LogP contribution in [0.5, 0.6) is 0 Å². The van der Waals surface area contributed by atoms with Crippen LogP contribution in [0, 0.1) is 0 Å². The van der Waals surface area contributed by atoms with Crippen molar-refractivity contribution in [2.45, 2.75) is 26.4 Å². The van der Waals surface area contributed by atoms with E-state index in [2.05, 4.69) is 10.6 Å². The van der Waals surface area contributed by atoms with Gasteiger partial charge in [0.2, 0.25) is 5.91 Å². The number of carbonyl (C=O) groups is 2. The molecule has 0 aliphatic carbocycles. The Bertz CT molecular complexity index is 451. The number of nitrogens with one attached hydrogen (secondary N) is 2. The normalized spacial score (nSPS) is 12.0. The van der Waals surface area contributed by atoms with Gasteiger partial charge in [-0.15, -0.1) is 0 Å². The number of hydrogen-bond donors (Lipinski definition) is 3. The third-order valence-corrected chi connectivity index (χ3v) is 3.12. The maximum Gasteiger partial charge on any atom is 0.321 e. The van der Waals surface area contributed by atoms with Gasteiger partial charge in [0.25, 0.3) is 0 Å². The zero-order chi connectivity index (χ0) is 15.7. The van der Waals surface area contributed by atoms with E-state index in [-0.39, 0.29) is 12.5 Å². The van der Waals surface area contributed by atoms with Crippen LogP contribution in [-0.4, -0.2) is 47.7 Å². The number of imide groups is 1. The van der Waals surface area contributed by atoms with Crippen LogP contribution in [0.25, 0.3) is 0 Å². The lowest BCUT2D eigenvalue weighted by atomic mass is 10.1. The van der Waals surface area contributed by atoms with E-state index in [0.717, 1.165) is 5.56 Å². The fourth-order valence-corrected chi connectivity index (χ4v) is 1.94. The van der Waals surface area contributed by atoms with E-state index < -0.39 is 12.1 Å². The SMILES string of the molecule is CCNC(=O)NC(=O)C(C)N(CCO)Cc1ccccc1. The third kappa shape index (κ3) is 5.93. The maximum atomic E-state index is 12.0. The number of carbonyl (C=O) groups excluding carboxylic acids is 2. The smallest absolute Gasteiger partial charge is 0.321 e. The van der Waals surface area contributed by atoms with Gasteiger partial charge < -0.3 is 10.4 Å². The Morgan fingerprint density at radius 1 is 1.29 bits per heavy atom. The molecule has 0 aliphatic rings. The molecule has 0 saturated carbocycles. The van der Waals surface area contributed by atoms with Crippen molar-refractivity contribution >= 4 is 11.9 Å². The molecule has 1 atom stereocenters. The first-order valence-electron chi connectivity index (χ1n) is 7.06. The van der Waals surface area contributed by atoms with Crippen LogP contribution in [0.2, 0.25) is 0 Å². The minimum atomic E-state index is -0.514. The third-order valence-electron chi connectivity index (χ3n) is 3.12. The molecule has 0 spiro atoms. The summed E-state index contributed by atoms with van der Waals surface area (Å²) < 4.78 is 0. The van der Waals surface area contributed by atoms with Crippen LogP contribution in [0.4, 0.5) is 4.79 Å². The van der Waals surface area contributed by atoms with Crippen LogP contribution >= 0.6 is 0 Å². The zero-order valence-corrected chi connectivity index (χ0v) is 12.5. The van der Waals surface area contributed by atoms with Crippen LogP contribution in [0.15, 0.2) is 30.3 Å². The molecule has 0 radical (unpaired) electrons. The van der Waals surface area contributed by atoms with E-state index in [0.29, 0.717) is 19.6 Å². The van der Waals surface area contributed by atoms with Crippen molar-refractivity contribution < 1.29 is 14.7 Å². The van der Waals surface area contributed by atoms with E-state index in [1.54, 1.807) is 13.8 Å². The largest absolute Gasteiger partial charge is 0.395 e. The lowest BCUT2D eigenvalue weighted by molar-refractivity contribution is -0.125. The highest BCUT2D eigenvalue weighted by atomic mass is 16.3. The average molecular weight is 293 g/mol. The number of urea groups is 1. The van der Waals surface area contributed by atoms with E-state index >= 15 is 0 Å². The summed E-state index contributed by atoms with van der Waals surface area (Å²) in [5.41, 5.74) is 1.05. The van der Waals surface area contributed by atoms with Gasteiger partial charge in [-0.3, -0.25) is 15.0 Å². The molecule has 21 heavy (non-hydrogen) atoms. The van der Waals surface area contributed by atoms with Gasteiger partial charge in [0.05, 0.1) is 12.6 Å². The number of aliphatic hydroxyl groups is 1. The second kappa shape index (κ2) is 9.10. The molecule has 1 aromatic rings. The highest BCUT2D eigenvalue weighted by molar-refractivity contribution is 5.96. The van der Waals surface area contributed by atoms with Gasteiger partial charge in [0.1, 0.15) is 0 Å². The Kier molecular flexibility index (Phi) is 7.42. The molecule has 6 heteroatoms. The average Bonchev–Trinajstić information content (AvgIpc) is 2.47. The fourth-order valence-electron chi connectivity index (χ4n) is 1.94. The van der Waals surface area contributed by atoms with Crippen molar-refractivity contribution in [2.24, 2.45) is 0 Å². The molecule has 1 rings (SSSR count). The van der Waals surface area contributed by atoms with Gasteiger partial charge in [-0.2, -0.15) is 0 Å². The van der Waals surface area contributed by atoms with Gasteiger partial charge in [0, 0.05) is 19.6 Å². The number of aliphatic hydroxyl groups excluding tert-OH is 1. The Morgan fingerprint density at radius 2 is 1.95 bits per heavy atom.